The smallest absolute Gasteiger partial charge is 0.00671 e. The van der Waals surface area contributed by atoms with Gasteiger partial charge in [0.15, 0.2) is 0 Å². The van der Waals surface area contributed by atoms with E-state index in [2.05, 4.69) is 13.8 Å². The summed E-state index contributed by atoms with van der Waals surface area (Å²) in [7, 11) is 0. The van der Waals surface area contributed by atoms with Crippen molar-refractivity contribution in [1.29, 1.82) is 0 Å². The third kappa shape index (κ3) is 3.14. The van der Waals surface area contributed by atoms with Gasteiger partial charge in [-0.25, -0.2) is 0 Å². The van der Waals surface area contributed by atoms with Crippen molar-refractivity contribution >= 4 is 0 Å². The second-order valence-electron chi connectivity index (χ2n) is 4.68. The third-order valence-electron chi connectivity index (χ3n) is 3.08. The molecule has 2 N–H and O–H groups in total. The van der Waals surface area contributed by atoms with Gasteiger partial charge in [-0.2, -0.15) is 0 Å². The van der Waals surface area contributed by atoms with Crippen LogP contribution in [0.1, 0.15) is 52.4 Å². The standard InChI is InChI=1S/C11H23N/c1-9(2)7-8-10-5-3-4-6-11(10)12/h9-11H,3-8,12H2,1-2H3. The fourth-order valence-corrected chi connectivity index (χ4v) is 2.14. The maximum Gasteiger partial charge on any atom is 0.00671 e. The van der Waals surface area contributed by atoms with E-state index in [1.165, 1.54) is 38.5 Å². The minimum Gasteiger partial charge on any atom is -0.327 e. The zero-order valence-electron chi connectivity index (χ0n) is 8.55. The van der Waals surface area contributed by atoms with E-state index in [9.17, 15) is 0 Å². The van der Waals surface area contributed by atoms with Crippen LogP contribution in [0.4, 0.5) is 0 Å². The second kappa shape index (κ2) is 4.86. The molecule has 1 aliphatic rings. The third-order valence-corrected chi connectivity index (χ3v) is 3.08. The molecule has 0 aliphatic heterocycles. The summed E-state index contributed by atoms with van der Waals surface area (Å²) in [6.45, 7) is 4.60. The van der Waals surface area contributed by atoms with Gasteiger partial charge in [-0.05, 0) is 31.1 Å². The first-order valence-electron chi connectivity index (χ1n) is 5.45. The molecule has 0 saturated heterocycles. The van der Waals surface area contributed by atoms with E-state index < -0.39 is 0 Å². The second-order valence-corrected chi connectivity index (χ2v) is 4.68. The van der Waals surface area contributed by atoms with Gasteiger partial charge in [-0.1, -0.05) is 33.1 Å². The maximum atomic E-state index is 6.07. The fraction of sp³-hybridized carbons (Fsp3) is 1.00. The lowest BCUT2D eigenvalue weighted by Crippen LogP contribution is -2.33. The van der Waals surface area contributed by atoms with Gasteiger partial charge in [0.1, 0.15) is 0 Å². The summed E-state index contributed by atoms with van der Waals surface area (Å²) in [5.41, 5.74) is 6.07. The summed E-state index contributed by atoms with van der Waals surface area (Å²) in [4.78, 5) is 0. The van der Waals surface area contributed by atoms with Crippen LogP contribution in [-0.2, 0) is 0 Å². The largest absolute Gasteiger partial charge is 0.327 e. The number of nitrogens with two attached hydrogens (primary N) is 1. The summed E-state index contributed by atoms with van der Waals surface area (Å²) in [6, 6.07) is 0.512. The highest BCUT2D eigenvalue weighted by molar-refractivity contribution is 4.77. The summed E-state index contributed by atoms with van der Waals surface area (Å²) in [5.74, 6) is 1.68. The minimum atomic E-state index is 0.512. The van der Waals surface area contributed by atoms with E-state index >= 15 is 0 Å². The summed E-state index contributed by atoms with van der Waals surface area (Å²) in [6.07, 6.45) is 8.14. The maximum absolute atomic E-state index is 6.07. The molecule has 12 heavy (non-hydrogen) atoms. The van der Waals surface area contributed by atoms with Crippen molar-refractivity contribution in [2.75, 3.05) is 0 Å². The van der Waals surface area contributed by atoms with Crippen LogP contribution < -0.4 is 5.73 Å². The number of hydrogen-bond donors (Lipinski definition) is 1. The van der Waals surface area contributed by atoms with Gasteiger partial charge >= 0.3 is 0 Å². The fourth-order valence-electron chi connectivity index (χ4n) is 2.14. The van der Waals surface area contributed by atoms with E-state index in [1.807, 2.05) is 0 Å². The first kappa shape index (κ1) is 10.0. The van der Waals surface area contributed by atoms with E-state index in [0.29, 0.717) is 6.04 Å². The van der Waals surface area contributed by atoms with Crippen LogP contribution in [0.5, 0.6) is 0 Å². The number of hydrogen-bond acceptors (Lipinski definition) is 1. The molecular formula is C11H23N. The molecule has 2 unspecified atom stereocenters. The van der Waals surface area contributed by atoms with Crippen LogP contribution in [0.15, 0.2) is 0 Å². The van der Waals surface area contributed by atoms with Crippen molar-refractivity contribution < 1.29 is 0 Å². The highest BCUT2D eigenvalue weighted by atomic mass is 14.7. The topological polar surface area (TPSA) is 26.0 Å². The van der Waals surface area contributed by atoms with E-state index in [4.69, 9.17) is 5.73 Å². The van der Waals surface area contributed by atoms with Crippen LogP contribution in [-0.4, -0.2) is 6.04 Å². The molecule has 1 nitrogen and oxygen atoms in total. The average molecular weight is 169 g/mol. The molecule has 0 aromatic heterocycles. The molecular weight excluding hydrogens is 146 g/mol. The molecule has 0 spiro atoms. The Morgan fingerprint density at radius 2 is 1.92 bits per heavy atom. The molecule has 1 saturated carbocycles. The lowest BCUT2D eigenvalue weighted by atomic mass is 9.81. The summed E-state index contributed by atoms with van der Waals surface area (Å²) >= 11 is 0. The molecule has 1 aliphatic carbocycles. The Bertz CT molecular complexity index is 120. The summed E-state index contributed by atoms with van der Waals surface area (Å²) < 4.78 is 0. The van der Waals surface area contributed by atoms with Crippen LogP contribution >= 0.6 is 0 Å². The SMILES string of the molecule is CC(C)CCC1CCCCC1N. The molecule has 0 heterocycles. The van der Waals surface area contributed by atoms with Crippen LogP contribution in [0.25, 0.3) is 0 Å². The lowest BCUT2D eigenvalue weighted by Gasteiger charge is -2.28. The zero-order valence-corrected chi connectivity index (χ0v) is 8.55. The first-order valence-corrected chi connectivity index (χ1v) is 5.45. The predicted molar refractivity (Wildman–Crippen MR) is 54.0 cm³/mol. The Morgan fingerprint density at radius 3 is 2.50 bits per heavy atom. The normalized spacial score (nSPS) is 31.0. The Labute approximate surface area is 76.7 Å². The van der Waals surface area contributed by atoms with E-state index in [1.54, 1.807) is 0 Å². The highest BCUT2D eigenvalue weighted by Gasteiger charge is 2.21. The van der Waals surface area contributed by atoms with Gasteiger partial charge in [0.05, 0.1) is 0 Å². The molecule has 0 aromatic rings. The quantitative estimate of drug-likeness (QED) is 0.690. The molecule has 1 fully saturated rings. The van der Waals surface area contributed by atoms with Gasteiger partial charge in [0, 0.05) is 6.04 Å². The van der Waals surface area contributed by atoms with Gasteiger partial charge in [0.25, 0.3) is 0 Å². The minimum absolute atomic E-state index is 0.512. The van der Waals surface area contributed by atoms with Crippen molar-refractivity contribution in [2.24, 2.45) is 17.6 Å². The van der Waals surface area contributed by atoms with Crippen molar-refractivity contribution in [2.45, 2.75) is 58.4 Å². The van der Waals surface area contributed by atoms with Crippen LogP contribution in [0, 0.1) is 11.8 Å². The lowest BCUT2D eigenvalue weighted by molar-refractivity contribution is 0.276. The average Bonchev–Trinajstić information content (AvgIpc) is 2.03. The van der Waals surface area contributed by atoms with E-state index in [0.717, 1.165) is 11.8 Å². The molecule has 0 amide bonds. The Balaban J connectivity index is 2.20. The Morgan fingerprint density at radius 1 is 1.25 bits per heavy atom. The van der Waals surface area contributed by atoms with Gasteiger partial charge in [0.2, 0.25) is 0 Å². The number of rotatable bonds is 3. The molecule has 0 radical (unpaired) electrons. The Kier molecular flexibility index (Phi) is 4.07. The Hall–Kier alpha value is -0.0400. The van der Waals surface area contributed by atoms with E-state index in [-0.39, 0.29) is 0 Å². The van der Waals surface area contributed by atoms with Crippen molar-refractivity contribution in [3.05, 3.63) is 0 Å². The zero-order chi connectivity index (χ0) is 8.97. The van der Waals surface area contributed by atoms with Crippen molar-refractivity contribution in [3.8, 4) is 0 Å². The van der Waals surface area contributed by atoms with Gasteiger partial charge in [-0.15, -0.1) is 0 Å². The molecule has 0 aromatic carbocycles. The van der Waals surface area contributed by atoms with Gasteiger partial charge < -0.3 is 5.73 Å². The first-order chi connectivity index (χ1) is 5.70. The van der Waals surface area contributed by atoms with Crippen LogP contribution in [0.2, 0.25) is 0 Å². The monoisotopic (exact) mass is 169 g/mol. The molecule has 1 rings (SSSR count). The van der Waals surface area contributed by atoms with Crippen LogP contribution in [0.3, 0.4) is 0 Å². The van der Waals surface area contributed by atoms with Crippen molar-refractivity contribution in [3.63, 3.8) is 0 Å². The van der Waals surface area contributed by atoms with Gasteiger partial charge in [-0.3, -0.25) is 0 Å². The van der Waals surface area contributed by atoms with Crippen molar-refractivity contribution in [1.82, 2.24) is 0 Å². The predicted octanol–water partition coefficient (Wildman–Crippen LogP) is 2.94. The molecule has 1 heteroatoms. The summed E-state index contributed by atoms with van der Waals surface area (Å²) in [5, 5.41) is 0. The molecule has 2 atom stereocenters. The molecule has 72 valence electrons. The highest BCUT2D eigenvalue weighted by Crippen LogP contribution is 2.27. The molecule has 0 bridgehead atoms.